The van der Waals surface area contributed by atoms with Gasteiger partial charge in [0.15, 0.2) is 49.0 Å². The average molecular weight is 881 g/mol. The number of alkyl halides is 6. The molecule has 0 aliphatic heterocycles. The number of oxime groups is 1. The van der Waals surface area contributed by atoms with E-state index in [2.05, 4.69) is 51.5 Å². The van der Waals surface area contributed by atoms with E-state index < -0.39 is 49.0 Å². The molecule has 2 aliphatic carbocycles. The van der Waals surface area contributed by atoms with Crippen molar-refractivity contribution in [2.24, 2.45) is 11.1 Å². The van der Waals surface area contributed by atoms with Crippen LogP contribution < -0.4 is 16.5 Å². The third kappa shape index (κ3) is 12.0. The molecular weight excluding hydrogens is 839 g/mol. The quantitative estimate of drug-likeness (QED) is 0.0744. The van der Waals surface area contributed by atoms with E-state index in [0.29, 0.717) is 0 Å². The van der Waals surface area contributed by atoms with Crippen molar-refractivity contribution in [1.82, 2.24) is 29.5 Å². The Bertz CT molecular complexity index is 2290. The number of carbonyl (C=O) groups excluding carboxylic acids is 1. The second-order valence-corrected chi connectivity index (χ2v) is 17.3. The fraction of sp³-hybridized carbons (Fsp3) is 0.471. The lowest BCUT2D eigenvalue weighted by Crippen LogP contribution is -2.19. The van der Waals surface area contributed by atoms with Crippen molar-refractivity contribution in [1.29, 1.82) is 0 Å². The number of aldehydes is 1. The molecule has 0 amide bonds. The molecule has 17 nitrogen and oxygen atoms in total. The topological polar surface area (TPSA) is 228 Å². The second kappa shape index (κ2) is 19.3. The van der Waals surface area contributed by atoms with Gasteiger partial charge in [0, 0.05) is 37.0 Å². The molecule has 59 heavy (non-hydrogen) atoms. The number of nitrogens with zero attached hydrogens (tertiary/aromatic N) is 7. The number of sulfone groups is 2. The van der Waals surface area contributed by atoms with Gasteiger partial charge in [0.25, 0.3) is 0 Å². The standard InChI is InChI=1S/C17H20F3N5O3S.C16H17F3N4O3S.CH5NO/c1-28-22-10-13-15(17(18,19)20)24-25(16(13)23-11-5-3-4-6-11)14-8-7-12(9-21-14)29(2,26)27;1-27(25,26)11-6-7-13(20-8-11)23-15(21-10-4-2-3-5-10)12(9-24)14(22-23)16(17,18)19;1-3-2/h7-11,23H,3-6H2,1-2H3;6-10,21H,2-5H2,1H3;2H2,1H3/b22-10+;;. The lowest BCUT2D eigenvalue weighted by molar-refractivity contribution is -0.142. The highest BCUT2D eigenvalue weighted by atomic mass is 32.2. The van der Waals surface area contributed by atoms with Crippen LogP contribution >= 0.6 is 0 Å². The normalized spacial score (nSPS) is 15.4. The molecule has 0 unspecified atom stereocenters. The SMILES string of the molecule is CO/N=C/c1c(C(F)(F)F)nn(-c2ccc(S(C)(=O)=O)cn2)c1NC1CCCC1.CON.CS(=O)(=O)c1ccc(-n2nc(C(F)(F)F)c(C=O)c2NC2CCCC2)nc1. The van der Waals surface area contributed by atoms with E-state index in [9.17, 15) is 48.0 Å². The predicted molar refractivity (Wildman–Crippen MR) is 202 cm³/mol. The fourth-order valence-corrected chi connectivity index (χ4v) is 7.31. The average Bonchev–Trinajstić information content (AvgIpc) is 3.98. The minimum atomic E-state index is -4.82. The van der Waals surface area contributed by atoms with Gasteiger partial charge in [-0.3, -0.25) is 4.79 Å². The minimum Gasteiger partial charge on any atom is -0.399 e. The molecule has 4 N–H and O–H groups in total. The lowest BCUT2D eigenvalue weighted by atomic mass is 10.2. The van der Waals surface area contributed by atoms with E-state index in [1.165, 1.54) is 38.5 Å². The smallest absolute Gasteiger partial charge is 0.399 e. The molecule has 25 heteroatoms. The van der Waals surface area contributed by atoms with Crippen LogP contribution in [0.1, 0.15) is 78.7 Å². The van der Waals surface area contributed by atoms with Gasteiger partial charge in [0.05, 0.1) is 34.2 Å². The molecule has 0 atom stereocenters. The van der Waals surface area contributed by atoms with Crippen LogP contribution in [0.5, 0.6) is 0 Å². The van der Waals surface area contributed by atoms with E-state index in [-0.39, 0.29) is 57.0 Å². The van der Waals surface area contributed by atoms with Gasteiger partial charge >= 0.3 is 12.4 Å². The Morgan fingerprint density at radius 1 is 0.729 bits per heavy atom. The Hall–Kier alpha value is -5.14. The third-order valence-electron chi connectivity index (χ3n) is 8.91. The van der Waals surface area contributed by atoms with Crippen molar-refractivity contribution >= 4 is 43.8 Å². The number of pyridine rings is 2. The van der Waals surface area contributed by atoms with Crippen molar-refractivity contribution in [3.63, 3.8) is 0 Å². The summed E-state index contributed by atoms with van der Waals surface area (Å²) in [5.41, 5.74) is -3.33. The summed E-state index contributed by atoms with van der Waals surface area (Å²) in [6, 6.07) is 4.96. The number of nitrogens with two attached hydrogens (primary N) is 1. The summed E-state index contributed by atoms with van der Waals surface area (Å²) in [6.45, 7) is 0. The van der Waals surface area contributed by atoms with Gasteiger partial charge in [0.1, 0.15) is 18.7 Å². The summed E-state index contributed by atoms with van der Waals surface area (Å²) < 4.78 is 129. The molecule has 4 heterocycles. The van der Waals surface area contributed by atoms with Gasteiger partial charge in [-0.25, -0.2) is 32.7 Å². The summed E-state index contributed by atoms with van der Waals surface area (Å²) in [6.07, 6.45) is 2.65. The number of hydrogen-bond acceptors (Lipinski definition) is 15. The number of hydrogen-bond donors (Lipinski definition) is 3. The minimum absolute atomic E-state index is 0.0171. The van der Waals surface area contributed by atoms with Gasteiger partial charge < -0.3 is 20.3 Å². The Balaban J connectivity index is 0.000000245. The molecule has 2 fully saturated rings. The highest BCUT2D eigenvalue weighted by molar-refractivity contribution is 7.91. The molecule has 4 aromatic heterocycles. The lowest BCUT2D eigenvalue weighted by Gasteiger charge is -2.16. The third-order valence-corrected chi connectivity index (χ3v) is 11.1. The molecule has 0 radical (unpaired) electrons. The summed E-state index contributed by atoms with van der Waals surface area (Å²) in [4.78, 5) is 27.5. The Morgan fingerprint density at radius 2 is 1.10 bits per heavy atom. The first-order valence-corrected chi connectivity index (χ1v) is 21.4. The number of aromatic nitrogens is 6. The van der Waals surface area contributed by atoms with Crippen LogP contribution in [-0.2, 0) is 41.7 Å². The molecule has 6 rings (SSSR count). The first-order chi connectivity index (χ1) is 27.6. The van der Waals surface area contributed by atoms with Gasteiger partial charge in [-0.1, -0.05) is 30.8 Å². The number of rotatable bonds is 11. The zero-order valence-corrected chi connectivity index (χ0v) is 33.7. The zero-order valence-electron chi connectivity index (χ0n) is 32.1. The van der Waals surface area contributed by atoms with Crippen LogP contribution in [0.25, 0.3) is 11.6 Å². The summed E-state index contributed by atoms with van der Waals surface area (Å²) in [5, 5.41) is 16.8. The Morgan fingerprint density at radius 3 is 1.41 bits per heavy atom. The van der Waals surface area contributed by atoms with Crippen LogP contribution in [0.15, 0.2) is 51.6 Å². The number of nitrogens with one attached hydrogen (secondary N) is 2. The maximum Gasteiger partial charge on any atom is 0.435 e. The van der Waals surface area contributed by atoms with Crippen molar-refractivity contribution in [2.45, 2.75) is 85.6 Å². The van der Waals surface area contributed by atoms with Crippen LogP contribution in [0.2, 0.25) is 0 Å². The Kier molecular flexibility index (Phi) is 15.2. The van der Waals surface area contributed by atoms with Crippen LogP contribution in [-0.4, -0.2) is 97.7 Å². The number of carbonyl (C=O) groups is 1. The monoisotopic (exact) mass is 880 g/mol. The summed E-state index contributed by atoms with van der Waals surface area (Å²) in [7, 11) is -4.37. The fourth-order valence-electron chi connectivity index (χ4n) is 6.19. The second-order valence-electron chi connectivity index (χ2n) is 13.3. The number of halogens is 6. The molecule has 324 valence electrons. The predicted octanol–water partition coefficient (Wildman–Crippen LogP) is 5.39. The van der Waals surface area contributed by atoms with Crippen molar-refractivity contribution in [3.8, 4) is 11.6 Å². The highest BCUT2D eigenvalue weighted by Crippen LogP contribution is 2.38. The van der Waals surface area contributed by atoms with Gasteiger partial charge in [0.2, 0.25) is 0 Å². The van der Waals surface area contributed by atoms with E-state index >= 15 is 0 Å². The van der Waals surface area contributed by atoms with Crippen LogP contribution in [0.4, 0.5) is 38.0 Å². The molecule has 4 aromatic rings. The number of anilines is 2. The zero-order chi connectivity index (χ0) is 43.8. The molecule has 0 aromatic carbocycles. The molecule has 2 saturated carbocycles. The van der Waals surface area contributed by atoms with Crippen molar-refractivity contribution in [2.75, 3.05) is 37.4 Å². The van der Waals surface area contributed by atoms with Gasteiger partial charge in [-0.15, -0.1) is 0 Å². The molecule has 0 saturated heterocycles. The van der Waals surface area contributed by atoms with E-state index in [1.54, 1.807) is 0 Å². The summed E-state index contributed by atoms with van der Waals surface area (Å²) >= 11 is 0. The Labute approximate surface area is 335 Å². The van der Waals surface area contributed by atoms with E-state index in [1.807, 2.05) is 0 Å². The molecule has 2 aliphatic rings. The molecule has 0 bridgehead atoms. The van der Waals surface area contributed by atoms with Gasteiger partial charge in [-0.05, 0) is 49.9 Å². The largest absolute Gasteiger partial charge is 0.435 e. The maximum atomic E-state index is 13.6. The summed E-state index contributed by atoms with van der Waals surface area (Å²) in [5.74, 6) is 4.34. The van der Waals surface area contributed by atoms with Crippen molar-refractivity contribution in [3.05, 3.63) is 59.2 Å². The van der Waals surface area contributed by atoms with Crippen LogP contribution in [0.3, 0.4) is 0 Å². The van der Waals surface area contributed by atoms with Crippen molar-refractivity contribution < 1.29 is 57.6 Å². The highest BCUT2D eigenvalue weighted by Gasteiger charge is 2.41. The van der Waals surface area contributed by atoms with E-state index in [4.69, 9.17) is 0 Å². The maximum absolute atomic E-state index is 13.6. The van der Waals surface area contributed by atoms with E-state index in [0.717, 1.165) is 91.9 Å². The first kappa shape index (κ1) is 46.5. The first-order valence-electron chi connectivity index (χ1n) is 17.6. The molecule has 0 spiro atoms. The van der Waals surface area contributed by atoms with Gasteiger partial charge in [-0.2, -0.15) is 45.9 Å². The van der Waals surface area contributed by atoms with Crippen LogP contribution in [0, 0.1) is 0 Å². The molecular formula is C34H42F6N10O7S2.